The van der Waals surface area contributed by atoms with Gasteiger partial charge in [0.1, 0.15) is 5.82 Å². The van der Waals surface area contributed by atoms with Crippen LogP contribution in [0.15, 0.2) is 18.2 Å². The van der Waals surface area contributed by atoms with E-state index in [1.807, 2.05) is 0 Å². The Morgan fingerprint density at radius 2 is 2.28 bits per heavy atom. The lowest BCUT2D eigenvalue weighted by Gasteiger charge is -2.15. The van der Waals surface area contributed by atoms with E-state index >= 15 is 0 Å². The number of nitrogens with one attached hydrogen (secondary N) is 1. The zero-order valence-corrected chi connectivity index (χ0v) is 10.6. The first-order chi connectivity index (χ1) is 8.70. The summed E-state index contributed by atoms with van der Waals surface area (Å²) < 4.78 is 13.1. The van der Waals surface area contributed by atoms with Crippen molar-refractivity contribution in [2.45, 2.75) is 25.4 Å². The van der Waals surface area contributed by atoms with E-state index in [0.29, 0.717) is 12.1 Å². The Morgan fingerprint density at radius 1 is 1.50 bits per heavy atom. The molecule has 1 aromatic carbocycles. The molecule has 0 aromatic heterocycles. The second-order valence-corrected chi connectivity index (χ2v) is 4.80. The van der Waals surface area contributed by atoms with Crippen LogP contribution in [0.3, 0.4) is 0 Å². The number of likely N-dealkylation sites (N-methyl/N-ethyl adjacent to an activating group) is 1. The Bertz CT molecular complexity index is 449. The summed E-state index contributed by atoms with van der Waals surface area (Å²) in [5.74, 6) is -0.291. The van der Waals surface area contributed by atoms with Crippen molar-refractivity contribution in [1.82, 2.24) is 10.2 Å². The average molecular weight is 247 g/mol. The van der Waals surface area contributed by atoms with Crippen LogP contribution in [0.25, 0.3) is 0 Å². The topological polar surface area (TPSA) is 39.1 Å². The summed E-state index contributed by atoms with van der Waals surface area (Å²) in [5, 5.41) is 12.2. The highest BCUT2D eigenvalue weighted by Gasteiger charge is 2.25. The molecule has 0 heterocycles. The Hall–Kier alpha value is -1.44. The van der Waals surface area contributed by atoms with Gasteiger partial charge in [0, 0.05) is 25.7 Å². The fourth-order valence-corrected chi connectivity index (χ4v) is 1.99. The molecule has 0 bridgehead atoms. The second kappa shape index (κ2) is 5.94. The summed E-state index contributed by atoms with van der Waals surface area (Å²) in [7, 11) is 2.13. The van der Waals surface area contributed by atoms with Gasteiger partial charge in [0.05, 0.1) is 11.6 Å². The summed E-state index contributed by atoms with van der Waals surface area (Å²) in [6.07, 6.45) is 2.61. The van der Waals surface area contributed by atoms with E-state index in [1.54, 1.807) is 0 Å². The predicted octanol–water partition coefficient (Wildman–Crippen LogP) is 1.88. The third kappa shape index (κ3) is 3.52. The first-order valence-electron chi connectivity index (χ1n) is 6.30. The summed E-state index contributed by atoms with van der Waals surface area (Å²) >= 11 is 0. The van der Waals surface area contributed by atoms with Crippen molar-refractivity contribution in [3.63, 3.8) is 0 Å². The van der Waals surface area contributed by atoms with Crippen LogP contribution in [0, 0.1) is 17.1 Å². The highest BCUT2D eigenvalue weighted by molar-refractivity contribution is 5.37. The van der Waals surface area contributed by atoms with Crippen molar-refractivity contribution < 1.29 is 4.39 Å². The summed E-state index contributed by atoms with van der Waals surface area (Å²) in [6.45, 7) is 2.38. The summed E-state index contributed by atoms with van der Waals surface area (Å²) in [6, 6.07) is 7.12. The number of benzene rings is 1. The molecule has 1 aliphatic rings. The molecule has 0 aliphatic heterocycles. The molecular weight excluding hydrogens is 229 g/mol. The van der Waals surface area contributed by atoms with Gasteiger partial charge in [-0.05, 0) is 43.7 Å². The fraction of sp³-hybridized carbons (Fsp3) is 0.500. The van der Waals surface area contributed by atoms with Crippen molar-refractivity contribution >= 4 is 0 Å². The molecule has 1 fully saturated rings. The third-order valence-electron chi connectivity index (χ3n) is 3.31. The summed E-state index contributed by atoms with van der Waals surface area (Å²) in [4.78, 5) is 2.34. The van der Waals surface area contributed by atoms with Gasteiger partial charge in [0.25, 0.3) is 0 Å². The summed E-state index contributed by atoms with van der Waals surface area (Å²) in [5.41, 5.74) is 1.27. The van der Waals surface area contributed by atoms with Crippen molar-refractivity contribution in [3.05, 3.63) is 35.1 Å². The Kier molecular flexibility index (Phi) is 4.29. The molecule has 0 radical (unpaired) electrons. The number of nitriles is 1. The van der Waals surface area contributed by atoms with Crippen LogP contribution in [-0.4, -0.2) is 31.1 Å². The van der Waals surface area contributed by atoms with Gasteiger partial charge in [0.2, 0.25) is 0 Å². The average Bonchev–Trinajstić information content (AvgIpc) is 3.19. The number of rotatable bonds is 6. The van der Waals surface area contributed by atoms with Crippen molar-refractivity contribution in [2.75, 3.05) is 20.1 Å². The minimum absolute atomic E-state index is 0.291. The van der Waals surface area contributed by atoms with E-state index in [9.17, 15) is 4.39 Å². The molecule has 0 spiro atoms. The monoisotopic (exact) mass is 247 g/mol. The smallest absolute Gasteiger partial charge is 0.123 e. The van der Waals surface area contributed by atoms with Gasteiger partial charge in [0.15, 0.2) is 0 Å². The second-order valence-electron chi connectivity index (χ2n) is 4.80. The molecule has 1 aromatic rings. The van der Waals surface area contributed by atoms with Gasteiger partial charge >= 0.3 is 0 Å². The Labute approximate surface area is 107 Å². The van der Waals surface area contributed by atoms with Gasteiger partial charge in [-0.3, -0.25) is 0 Å². The highest BCUT2D eigenvalue weighted by Crippen LogP contribution is 2.24. The van der Waals surface area contributed by atoms with Crippen molar-refractivity contribution in [2.24, 2.45) is 0 Å². The van der Waals surface area contributed by atoms with Crippen LogP contribution in [0.1, 0.15) is 24.0 Å². The molecule has 4 heteroatoms. The standard InChI is InChI=1S/C14H18FN3/c1-18(14-4-5-14)7-6-17-10-12-8-13(15)3-2-11(12)9-16/h2-3,8,14,17H,4-7,10H2,1H3. The first-order valence-corrected chi connectivity index (χ1v) is 6.30. The normalized spacial score (nSPS) is 14.8. The van der Waals surface area contributed by atoms with Crippen LogP contribution in [-0.2, 0) is 6.54 Å². The molecule has 1 aliphatic carbocycles. The lowest BCUT2D eigenvalue weighted by molar-refractivity contribution is 0.321. The van der Waals surface area contributed by atoms with Crippen LogP contribution < -0.4 is 5.32 Å². The van der Waals surface area contributed by atoms with Crippen molar-refractivity contribution in [1.29, 1.82) is 5.26 Å². The lowest BCUT2D eigenvalue weighted by atomic mass is 10.1. The molecule has 18 heavy (non-hydrogen) atoms. The molecule has 1 N–H and O–H groups in total. The maximum Gasteiger partial charge on any atom is 0.123 e. The number of nitrogens with zero attached hydrogens (tertiary/aromatic N) is 2. The van der Waals surface area contributed by atoms with Gasteiger partial charge in [-0.25, -0.2) is 4.39 Å². The molecule has 0 atom stereocenters. The zero-order chi connectivity index (χ0) is 13.0. The van der Waals surface area contributed by atoms with Crippen LogP contribution in [0.2, 0.25) is 0 Å². The number of hydrogen-bond acceptors (Lipinski definition) is 3. The van der Waals surface area contributed by atoms with E-state index in [0.717, 1.165) is 24.7 Å². The highest BCUT2D eigenvalue weighted by atomic mass is 19.1. The Morgan fingerprint density at radius 3 is 2.94 bits per heavy atom. The van der Waals surface area contributed by atoms with Crippen LogP contribution in [0.5, 0.6) is 0 Å². The molecule has 96 valence electrons. The maximum atomic E-state index is 13.1. The SMILES string of the molecule is CN(CCNCc1cc(F)ccc1C#N)C1CC1. The molecule has 0 amide bonds. The van der Waals surface area contributed by atoms with Gasteiger partial charge < -0.3 is 10.2 Å². The minimum Gasteiger partial charge on any atom is -0.311 e. The van der Waals surface area contributed by atoms with Gasteiger partial charge in [-0.15, -0.1) is 0 Å². The van der Waals surface area contributed by atoms with Crippen molar-refractivity contribution in [3.8, 4) is 6.07 Å². The molecule has 3 nitrogen and oxygen atoms in total. The van der Waals surface area contributed by atoms with Crippen LogP contribution >= 0.6 is 0 Å². The number of hydrogen-bond donors (Lipinski definition) is 1. The number of halogens is 1. The van der Waals surface area contributed by atoms with E-state index in [1.165, 1.54) is 31.0 Å². The molecule has 2 rings (SSSR count). The Balaban J connectivity index is 1.78. The predicted molar refractivity (Wildman–Crippen MR) is 68.5 cm³/mol. The minimum atomic E-state index is -0.291. The largest absolute Gasteiger partial charge is 0.311 e. The maximum absolute atomic E-state index is 13.1. The molecule has 1 saturated carbocycles. The van der Waals surface area contributed by atoms with E-state index in [4.69, 9.17) is 5.26 Å². The quantitative estimate of drug-likeness (QED) is 0.780. The molecule has 0 saturated heterocycles. The van der Waals surface area contributed by atoms with E-state index < -0.39 is 0 Å². The fourth-order valence-electron chi connectivity index (χ4n) is 1.99. The lowest BCUT2D eigenvalue weighted by Crippen LogP contribution is -2.30. The van der Waals surface area contributed by atoms with Crippen LogP contribution in [0.4, 0.5) is 4.39 Å². The van der Waals surface area contributed by atoms with Gasteiger partial charge in [-0.1, -0.05) is 0 Å². The zero-order valence-electron chi connectivity index (χ0n) is 10.6. The first kappa shape index (κ1) is 13.0. The molecular formula is C14H18FN3. The van der Waals surface area contributed by atoms with Gasteiger partial charge in [-0.2, -0.15) is 5.26 Å². The third-order valence-corrected chi connectivity index (χ3v) is 3.31. The van der Waals surface area contributed by atoms with E-state index in [-0.39, 0.29) is 5.82 Å². The van der Waals surface area contributed by atoms with E-state index in [2.05, 4.69) is 23.3 Å². The molecule has 0 unspecified atom stereocenters.